The summed E-state index contributed by atoms with van der Waals surface area (Å²) in [4.78, 5) is 30.2. The van der Waals surface area contributed by atoms with E-state index in [1.807, 2.05) is 51.1 Å². The van der Waals surface area contributed by atoms with E-state index in [0.717, 1.165) is 16.8 Å². The van der Waals surface area contributed by atoms with Gasteiger partial charge in [-0.3, -0.25) is 14.2 Å². The first kappa shape index (κ1) is 19.9. The average molecular weight is 394 g/mol. The number of aromatic nitrogens is 2. The van der Waals surface area contributed by atoms with Crippen LogP contribution >= 0.6 is 11.8 Å². The summed E-state index contributed by atoms with van der Waals surface area (Å²) in [5, 5.41) is 3.64. The normalized spacial score (nSPS) is 12.0. The van der Waals surface area contributed by atoms with Crippen LogP contribution < -0.4 is 10.9 Å². The highest BCUT2D eigenvalue weighted by Gasteiger charge is 2.20. The van der Waals surface area contributed by atoms with E-state index in [-0.39, 0.29) is 11.5 Å². The molecule has 28 heavy (non-hydrogen) atoms. The number of allylic oxidation sites excluding steroid dienone is 1. The van der Waals surface area contributed by atoms with Gasteiger partial charge in [-0.15, -0.1) is 6.58 Å². The highest BCUT2D eigenvalue weighted by Crippen LogP contribution is 2.25. The second kappa shape index (κ2) is 8.44. The number of anilines is 1. The van der Waals surface area contributed by atoms with Crippen molar-refractivity contribution < 1.29 is 4.79 Å². The molecule has 0 saturated carbocycles. The van der Waals surface area contributed by atoms with Crippen molar-refractivity contribution in [3.05, 3.63) is 76.6 Å². The molecule has 1 amide bonds. The van der Waals surface area contributed by atoms with E-state index in [9.17, 15) is 9.59 Å². The molecule has 0 radical (unpaired) electrons. The number of nitrogens with one attached hydrogen (secondary N) is 1. The first-order chi connectivity index (χ1) is 13.4. The van der Waals surface area contributed by atoms with Gasteiger partial charge in [0.25, 0.3) is 5.56 Å². The SMILES string of the molecule is C=CCn1c(S[C@@H](C)C(=O)Nc2c(C)cccc2C)nc2ccccc2c1=O. The molecule has 1 heterocycles. The number of amides is 1. The molecule has 2 aromatic carbocycles. The Morgan fingerprint density at radius 2 is 1.89 bits per heavy atom. The van der Waals surface area contributed by atoms with Crippen LogP contribution in [0.3, 0.4) is 0 Å². The van der Waals surface area contributed by atoms with Gasteiger partial charge < -0.3 is 5.32 Å². The minimum absolute atomic E-state index is 0.129. The summed E-state index contributed by atoms with van der Waals surface area (Å²) >= 11 is 1.27. The molecule has 1 atom stereocenters. The largest absolute Gasteiger partial charge is 0.325 e. The molecule has 5 nitrogen and oxygen atoms in total. The fourth-order valence-corrected chi connectivity index (χ4v) is 3.89. The number of carbonyl (C=O) groups is 1. The number of para-hydroxylation sites is 2. The lowest BCUT2D eigenvalue weighted by Gasteiger charge is -2.17. The summed E-state index contributed by atoms with van der Waals surface area (Å²) in [5.74, 6) is -0.130. The van der Waals surface area contributed by atoms with Crippen molar-refractivity contribution >= 4 is 34.3 Å². The predicted octanol–water partition coefficient (Wildman–Crippen LogP) is 4.32. The van der Waals surface area contributed by atoms with Crippen LogP contribution in [0.15, 0.2) is 65.1 Å². The summed E-state index contributed by atoms with van der Waals surface area (Å²) in [6.07, 6.45) is 1.66. The summed E-state index contributed by atoms with van der Waals surface area (Å²) in [6.45, 7) is 9.81. The Kier molecular flexibility index (Phi) is 5.99. The molecular formula is C22H23N3O2S. The molecule has 144 valence electrons. The fourth-order valence-electron chi connectivity index (χ4n) is 2.98. The van der Waals surface area contributed by atoms with Crippen LogP contribution in [0.5, 0.6) is 0 Å². The molecule has 1 aromatic heterocycles. The third-order valence-corrected chi connectivity index (χ3v) is 5.61. The zero-order valence-corrected chi connectivity index (χ0v) is 17.0. The molecule has 0 bridgehead atoms. The van der Waals surface area contributed by atoms with Gasteiger partial charge in [0.05, 0.1) is 16.2 Å². The standard InChI is InChI=1S/C22H23N3O2S/c1-5-13-25-21(27)17-11-6-7-12-18(17)23-22(25)28-16(4)20(26)24-19-14(2)9-8-10-15(19)3/h5-12,16H,1,13H2,2-4H3,(H,24,26)/t16-/m0/s1. The van der Waals surface area contributed by atoms with Crippen LogP contribution in [0.2, 0.25) is 0 Å². The lowest BCUT2D eigenvalue weighted by Crippen LogP contribution is -2.27. The van der Waals surface area contributed by atoms with Crippen molar-refractivity contribution in [3.63, 3.8) is 0 Å². The van der Waals surface area contributed by atoms with E-state index >= 15 is 0 Å². The molecule has 1 N–H and O–H groups in total. The van der Waals surface area contributed by atoms with Crippen molar-refractivity contribution in [2.24, 2.45) is 0 Å². The molecule has 6 heteroatoms. The number of hydrogen-bond acceptors (Lipinski definition) is 4. The molecule has 0 unspecified atom stereocenters. The first-order valence-electron chi connectivity index (χ1n) is 9.06. The van der Waals surface area contributed by atoms with Gasteiger partial charge in [0.2, 0.25) is 5.91 Å². The summed E-state index contributed by atoms with van der Waals surface area (Å²) in [7, 11) is 0. The van der Waals surface area contributed by atoms with Crippen LogP contribution in [-0.4, -0.2) is 20.7 Å². The second-order valence-electron chi connectivity index (χ2n) is 6.63. The van der Waals surface area contributed by atoms with Gasteiger partial charge in [-0.1, -0.05) is 48.2 Å². The fraction of sp³-hybridized carbons (Fsp3) is 0.227. The lowest BCUT2D eigenvalue weighted by atomic mass is 10.1. The number of carbonyl (C=O) groups excluding carboxylic acids is 1. The monoisotopic (exact) mass is 393 g/mol. The highest BCUT2D eigenvalue weighted by molar-refractivity contribution is 8.00. The Morgan fingerprint density at radius 1 is 1.21 bits per heavy atom. The van der Waals surface area contributed by atoms with Crippen LogP contribution in [0, 0.1) is 13.8 Å². The third kappa shape index (κ3) is 4.02. The zero-order valence-electron chi connectivity index (χ0n) is 16.2. The van der Waals surface area contributed by atoms with Gasteiger partial charge in [-0.05, 0) is 44.0 Å². The molecular weight excluding hydrogens is 370 g/mol. The summed E-state index contributed by atoms with van der Waals surface area (Å²) in [6, 6.07) is 13.1. The van der Waals surface area contributed by atoms with Gasteiger partial charge in [-0.2, -0.15) is 0 Å². The summed E-state index contributed by atoms with van der Waals surface area (Å²) in [5.41, 5.74) is 3.35. The number of rotatable bonds is 6. The van der Waals surface area contributed by atoms with Gasteiger partial charge in [-0.25, -0.2) is 4.98 Å². The number of thioether (sulfide) groups is 1. The number of aryl methyl sites for hydroxylation is 2. The average Bonchev–Trinajstić information content (AvgIpc) is 2.67. The second-order valence-corrected chi connectivity index (χ2v) is 7.94. The predicted molar refractivity (Wildman–Crippen MR) is 116 cm³/mol. The number of hydrogen-bond donors (Lipinski definition) is 1. The van der Waals surface area contributed by atoms with Crippen LogP contribution in [-0.2, 0) is 11.3 Å². The van der Waals surface area contributed by atoms with Crippen LogP contribution in [0.4, 0.5) is 5.69 Å². The van der Waals surface area contributed by atoms with E-state index in [1.54, 1.807) is 22.8 Å². The Labute approximate surface area is 168 Å². The Balaban J connectivity index is 1.91. The maximum Gasteiger partial charge on any atom is 0.262 e. The maximum atomic E-state index is 12.8. The van der Waals surface area contributed by atoms with E-state index in [0.29, 0.717) is 22.6 Å². The molecule has 0 aliphatic heterocycles. The molecule has 3 rings (SSSR count). The lowest BCUT2D eigenvalue weighted by molar-refractivity contribution is -0.115. The minimum Gasteiger partial charge on any atom is -0.325 e. The molecule has 0 fully saturated rings. The van der Waals surface area contributed by atoms with Crippen molar-refractivity contribution in [3.8, 4) is 0 Å². The highest BCUT2D eigenvalue weighted by atomic mass is 32.2. The van der Waals surface area contributed by atoms with E-state index in [1.165, 1.54) is 11.8 Å². The Morgan fingerprint density at radius 3 is 2.57 bits per heavy atom. The molecule has 0 aliphatic rings. The van der Waals surface area contributed by atoms with Gasteiger partial charge >= 0.3 is 0 Å². The van der Waals surface area contributed by atoms with Crippen molar-refractivity contribution in [1.82, 2.24) is 9.55 Å². The molecule has 0 aliphatic carbocycles. The molecule has 3 aromatic rings. The smallest absolute Gasteiger partial charge is 0.262 e. The maximum absolute atomic E-state index is 12.8. The topological polar surface area (TPSA) is 64.0 Å². The van der Waals surface area contributed by atoms with E-state index in [4.69, 9.17) is 0 Å². The van der Waals surface area contributed by atoms with Crippen molar-refractivity contribution in [2.75, 3.05) is 5.32 Å². The third-order valence-electron chi connectivity index (χ3n) is 4.52. The van der Waals surface area contributed by atoms with Crippen LogP contribution in [0.25, 0.3) is 10.9 Å². The number of fused-ring (bicyclic) bond motifs is 1. The zero-order chi connectivity index (χ0) is 20.3. The van der Waals surface area contributed by atoms with E-state index < -0.39 is 5.25 Å². The van der Waals surface area contributed by atoms with Gasteiger partial charge in [0, 0.05) is 12.2 Å². The molecule has 0 saturated heterocycles. The Hall–Kier alpha value is -2.86. The number of nitrogens with zero attached hydrogens (tertiary/aromatic N) is 2. The first-order valence-corrected chi connectivity index (χ1v) is 9.94. The van der Waals surface area contributed by atoms with Crippen molar-refractivity contribution in [2.45, 2.75) is 37.7 Å². The Bertz CT molecular complexity index is 1080. The van der Waals surface area contributed by atoms with Crippen LogP contribution in [0.1, 0.15) is 18.1 Å². The minimum atomic E-state index is -0.428. The quantitative estimate of drug-likeness (QED) is 0.385. The van der Waals surface area contributed by atoms with Gasteiger partial charge in [0.15, 0.2) is 5.16 Å². The van der Waals surface area contributed by atoms with Crippen molar-refractivity contribution in [1.29, 1.82) is 0 Å². The van der Waals surface area contributed by atoms with Gasteiger partial charge in [0.1, 0.15) is 0 Å². The molecule has 0 spiro atoms. The van der Waals surface area contributed by atoms with E-state index in [2.05, 4.69) is 16.9 Å². The summed E-state index contributed by atoms with van der Waals surface area (Å²) < 4.78 is 1.56. The number of benzene rings is 2.